The largest absolute Gasteiger partial charge is 0.488 e. The van der Waals surface area contributed by atoms with Crippen LogP contribution in [0.25, 0.3) is 21.9 Å². The lowest BCUT2D eigenvalue weighted by Gasteiger charge is -2.20. The number of halogens is 1. The van der Waals surface area contributed by atoms with Crippen molar-refractivity contribution in [1.29, 1.82) is 5.26 Å². The first kappa shape index (κ1) is 30.1. The first-order valence-electron chi connectivity index (χ1n) is 14.6. The summed E-state index contributed by atoms with van der Waals surface area (Å²) < 4.78 is 12.7. The third kappa shape index (κ3) is 6.61. The van der Waals surface area contributed by atoms with Crippen LogP contribution in [0.3, 0.4) is 0 Å². The second-order valence-electron chi connectivity index (χ2n) is 10.9. The lowest BCUT2D eigenvalue weighted by atomic mass is 9.95. The first-order valence-corrected chi connectivity index (χ1v) is 14.9. The first-order chi connectivity index (χ1) is 21.9. The number of aromatic nitrogens is 1. The van der Waals surface area contributed by atoms with Crippen molar-refractivity contribution in [2.45, 2.75) is 38.1 Å². The van der Waals surface area contributed by atoms with Gasteiger partial charge in [-0.3, -0.25) is 15.1 Å². The van der Waals surface area contributed by atoms with Gasteiger partial charge in [0, 0.05) is 36.1 Å². The third-order valence-electron chi connectivity index (χ3n) is 8.00. The van der Waals surface area contributed by atoms with Crippen LogP contribution in [0.4, 0.5) is 0 Å². The highest BCUT2D eigenvalue weighted by molar-refractivity contribution is 6.32. The summed E-state index contributed by atoms with van der Waals surface area (Å²) in [5.41, 5.74) is 6.39. The van der Waals surface area contributed by atoms with Crippen LogP contribution in [0, 0.1) is 11.3 Å². The van der Waals surface area contributed by atoms with Gasteiger partial charge in [0.1, 0.15) is 36.3 Å². The third-order valence-corrected chi connectivity index (χ3v) is 8.29. The number of aliphatic carboxylic acids is 1. The van der Waals surface area contributed by atoms with Gasteiger partial charge in [-0.25, -0.2) is 0 Å². The molecule has 3 N–H and O–H groups in total. The van der Waals surface area contributed by atoms with Crippen LogP contribution in [0.1, 0.15) is 40.3 Å². The Morgan fingerprint density at radius 2 is 1.89 bits per heavy atom. The zero-order valence-electron chi connectivity index (χ0n) is 24.2. The van der Waals surface area contributed by atoms with Gasteiger partial charge in [0.15, 0.2) is 0 Å². The number of aliphatic hydroxyl groups is 1. The van der Waals surface area contributed by atoms with Gasteiger partial charge in [-0.2, -0.15) is 5.26 Å². The van der Waals surface area contributed by atoms with E-state index in [9.17, 15) is 20.3 Å². The normalized spacial score (nSPS) is 14.5. The van der Waals surface area contributed by atoms with E-state index in [2.05, 4.69) is 64.9 Å². The summed E-state index contributed by atoms with van der Waals surface area (Å²) >= 11 is 6.74. The molecule has 45 heavy (non-hydrogen) atoms. The predicted molar refractivity (Wildman–Crippen MR) is 171 cm³/mol. The summed E-state index contributed by atoms with van der Waals surface area (Å²) in [5, 5.41) is 33.6. The van der Waals surface area contributed by atoms with E-state index in [0.717, 1.165) is 24.0 Å². The van der Waals surface area contributed by atoms with E-state index in [1.807, 2.05) is 12.1 Å². The van der Waals surface area contributed by atoms with Crippen molar-refractivity contribution < 1.29 is 24.5 Å². The number of hydrogen-bond acceptors (Lipinski definition) is 7. The highest BCUT2D eigenvalue weighted by atomic mass is 35.5. The molecule has 1 heterocycles. The van der Waals surface area contributed by atoms with Crippen LogP contribution in [-0.2, 0) is 24.4 Å². The molecule has 4 aromatic carbocycles. The van der Waals surface area contributed by atoms with Gasteiger partial charge in [-0.1, -0.05) is 66.2 Å². The maximum absolute atomic E-state index is 11.5. The maximum Gasteiger partial charge on any atom is 0.323 e. The Morgan fingerprint density at radius 1 is 1.04 bits per heavy atom. The molecule has 0 spiro atoms. The minimum Gasteiger partial charge on any atom is -0.488 e. The van der Waals surface area contributed by atoms with E-state index >= 15 is 0 Å². The summed E-state index contributed by atoms with van der Waals surface area (Å²) in [6.07, 6.45) is 4.49. The SMILES string of the molecule is N#Cc1cncc(COc2cc(O[C@H]3CCc4c(-c5ccc6ccccc6c5)cccc43)c(Cl)cc2CN[C@@H](CO)C(=O)O)c1. The highest BCUT2D eigenvalue weighted by Gasteiger charge is 2.28. The van der Waals surface area contributed by atoms with Crippen molar-refractivity contribution >= 4 is 28.3 Å². The smallest absolute Gasteiger partial charge is 0.323 e. The molecule has 0 amide bonds. The van der Waals surface area contributed by atoms with Gasteiger partial charge in [-0.15, -0.1) is 0 Å². The molecule has 1 aliphatic carbocycles. The molecule has 5 aromatic rings. The molecule has 0 fully saturated rings. The Bertz CT molecular complexity index is 1920. The second-order valence-corrected chi connectivity index (χ2v) is 11.3. The molecule has 0 bridgehead atoms. The number of nitrogens with one attached hydrogen (secondary N) is 1. The number of fused-ring (bicyclic) bond motifs is 2. The van der Waals surface area contributed by atoms with Crippen LogP contribution < -0.4 is 14.8 Å². The van der Waals surface area contributed by atoms with E-state index in [4.69, 9.17) is 21.1 Å². The van der Waals surface area contributed by atoms with Crippen LogP contribution in [-0.4, -0.2) is 33.8 Å². The monoisotopic (exact) mass is 619 g/mol. The number of nitriles is 1. The van der Waals surface area contributed by atoms with Gasteiger partial charge in [0.25, 0.3) is 0 Å². The van der Waals surface area contributed by atoms with Crippen LogP contribution in [0.5, 0.6) is 11.5 Å². The number of pyridine rings is 1. The fourth-order valence-corrected chi connectivity index (χ4v) is 5.94. The summed E-state index contributed by atoms with van der Waals surface area (Å²) in [4.78, 5) is 15.6. The average Bonchev–Trinajstić information content (AvgIpc) is 3.48. The molecular formula is C36H30ClN3O5. The maximum atomic E-state index is 11.5. The molecule has 1 aromatic heterocycles. The van der Waals surface area contributed by atoms with Crippen molar-refractivity contribution in [1.82, 2.24) is 10.3 Å². The van der Waals surface area contributed by atoms with Crippen LogP contribution >= 0.6 is 11.6 Å². The van der Waals surface area contributed by atoms with Crippen molar-refractivity contribution in [3.8, 4) is 28.7 Å². The molecule has 0 saturated heterocycles. The predicted octanol–water partition coefficient (Wildman–Crippen LogP) is 6.61. The molecule has 0 aliphatic heterocycles. The van der Waals surface area contributed by atoms with E-state index in [1.54, 1.807) is 24.4 Å². The molecule has 226 valence electrons. The van der Waals surface area contributed by atoms with E-state index < -0.39 is 18.6 Å². The fraction of sp³-hybridized carbons (Fsp3) is 0.194. The quantitative estimate of drug-likeness (QED) is 0.151. The van der Waals surface area contributed by atoms with Gasteiger partial charge in [-0.05, 0) is 64.1 Å². The lowest BCUT2D eigenvalue weighted by molar-refractivity contribution is -0.140. The minimum absolute atomic E-state index is 0.0741. The van der Waals surface area contributed by atoms with Crippen molar-refractivity contribution in [3.05, 3.63) is 124 Å². The number of aliphatic hydroxyl groups excluding tert-OH is 1. The van der Waals surface area contributed by atoms with Crippen molar-refractivity contribution in [3.63, 3.8) is 0 Å². The zero-order chi connectivity index (χ0) is 31.3. The number of ether oxygens (including phenoxy) is 2. The molecular weight excluding hydrogens is 590 g/mol. The van der Waals surface area contributed by atoms with Gasteiger partial charge in [0.2, 0.25) is 0 Å². The lowest BCUT2D eigenvalue weighted by Crippen LogP contribution is -2.39. The standard InChI is InChI=1S/C36H30ClN3O5/c37-31-14-27(19-40-32(20-41)36(42)43)34(44-21-23-12-22(16-38)17-39-18-23)15-35(31)45-33-11-10-29-28(6-3-7-30(29)33)26-9-8-24-4-1-2-5-25(24)13-26/h1-9,12-15,17-18,32-33,40-41H,10-11,19-21H2,(H,42,43)/t32-,33-/m0/s1. The summed E-state index contributed by atoms with van der Waals surface area (Å²) in [6.45, 7) is -0.388. The fourth-order valence-electron chi connectivity index (χ4n) is 5.71. The van der Waals surface area contributed by atoms with E-state index in [0.29, 0.717) is 33.2 Å². The number of carbonyl (C=O) groups is 1. The molecule has 0 saturated carbocycles. The van der Waals surface area contributed by atoms with Gasteiger partial charge in [0.05, 0.1) is 17.2 Å². The Hall–Kier alpha value is -4.94. The molecule has 2 atom stereocenters. The van der Waals surface area contributed by atoms with Crippen molar-refractivity contribution in [2.24, 2.45) is 0 Å². The molecule has 1 aliphatic rings. The van der Waals surface area contributed by atoms with Crippen LogP contribution in [0.15, 0.2) is 91.3 Å². The highest BCUT2D eigenvalue weighted by Crippen LogP contribution is 2.43. The summed E-state index contributed by atoms with van der Waals surface area (Å²) in [7, 11) is 0. The van der Waals surface area contributed by atoms with Gasteiger partial charge < -0.3 is 19.7 Å². The zero-order valence-corrected chi connectivity index (χ0v) is 25.0. The topological polar surface area (TPSA) is 125 Å². The average molecular weight is 620 g/mol. The summed E-state index contributed by atoms with van der Waals surface area (Å²) in [5.74, 6) is -0.312. The minimum atomic E-state index is -1.17. The number of carboxylic acid groups (broad SMARTS) is 1. The summed E-state index contributed by atoms with van der Waals surface area (Å²) in [6, 6.07) is 27.1. The number of rotatable bonds is 11. The van der Waals surface area contributed by atoms with Gasteiger partial charge >= 0.3 is 5.97 Å². The van der Waals surface area contributed by atoms with E-state index in [1.165, 1.54) is 28.1 Å². The Morgan fingerprint density at radius 3 is 2.69 bits per heavy atom. The molecule has 0 unspecified atom stereocenters. The number of benzene rings is 4. The molecule has 8 nitrogen and oxygen atoms in total. The van der Waals surface area contributed by atoms with Crippen molar-refractivity contribution in [2.75, 3.05) is 6.61 Å². The number of carboxylic acids is 1. The van der Waals surface area contributed by atoms with Crippen LogP contribution in [0.2, 0.25) is 5.02 Å². The number of nitrogens with zero attached hydrogens (tertiary/aromatic N) is 2. The van der Waals surface area contributed by atoms with E-state index in [-0.39, 0.29) is 19.3 Å². The Kier molecular flexibility index (Phi) is 8.94. The Balaban J connectivity index is 1.28. The number of hydrogen-bond donors (Lipinski definition) is 3. The molecule has 0 radical (unpaired) electrons. The molecule has 9 heteroatoms. The Labute approximate surface area is 265 Å². The molecule has 6 rings (SSSR count). The second kappa shape index (κ2) is 13.4.